The van der Waals surface area contributed by atoms with E-state index in [0.717, 1.165) is 0 Å². The summed E-state index contributed by atoms with van der Waals surface area (Å²) in [5.41, 5.74) is 12.0. The van der Waals surface area contributed by atoms with Crippen molar-refractivity contribution in [2.75, 3.05) is 0 Å². The fourth-order valence-electron chi connectivity index (χ4n) is 5.79. The standard InChI is InChI=1S/2C15H15ClSi/c2*1-17(2,16)15-13-9-5-3-7-11(13)12-8-4-6-10-14(12)15/h2*3-10,15H,1-2H3. The first-order valence-corrected chi connectivity index (χ1v) is 20.1. The van der Waals surface area contributed by atoms with Gasteiger partial charge in [0.2, 0.25) is 0 Å². The van der Waals surface area contributed by atoms with Crippen LogP contribution in [0.25, 0.3) is 22.3 Å². The molecule has 0 unspecified atom stereocenters. The van der Waals surface area contributed by atoms with E-state index in [1.807, 2.05) is 0 Å². The lowest BCUT2D eigenvalue weighted by Crippen LogP contribution is -2.27. The topological polar surface area (TPSA) is 0 Å². The molecule has 0 aliphatic heterocycles. The minimum Gasteiger partial charge on any atom is -0.167 e. The zero-order valence-electron chi connectivity index (χ0n) is 20.1. The number of hydrogen-bond acceptors (Lipinski definition) is 0. The second kappa shape index (κ2) is 8.84. The third kappa shape index (κ3) is 4.11. The second-order valence-electron chi connectivity index (χ2n) is 10.3. The highest BCUT2D eigenvalue weighted by molar-refractivity contribution is 7.20. The van der Waals surface area contributed by atoms with Crippen LogP contribution in [0.15, 0.2) is 97.1 Å². The number of halogens is 2. The van der Waals surface area contributed by atoms with E-state index in [9.17, 15) is 0 Å². The Kier molecular flexibility index (Phi) is 6.14. The smallest absolute Gasteiger partial charge is 0.162 e. The lowest BCUT2D eigenvalue weighted by molar-refractivity contribution is 1.15. The van der Waals surface area contributed by atoms with Gasteiger partial charge in [-0.2, -0.15) is 22.2 Å². The van der Waals surface area contributed by atoms with Crippen molar-refractivity contribution in [3.8, 4) is 22.3 Å². The molecule has 0 bridgehead atoms. The van der Waals surface area contributed by atoms with Gasteiger partial charge >= 0.3 is 0 Å². The average Bonchev–Trinajstić information content (AvgIpc) is 3.32. The quantitative estimate of drug-likeness (QED) is 0.183. The molecule has 0 saturated carbocycles. The number of benzene rings is 4. The Morgan fingerprint density at radius 1 is 0.412 bits per heavy atom. The summed E-state index contributed by atoms with van der Waals surface area (Å²) in [6, 6.07) is 34.7. The van der Waals surface area contributed by atoms with E-state index in [-0.39, 0.29) is 0 Å². The fourth-order valence-corrected chi connectivity index (χ4v) is 11.2. The van der Waals surface area contributed by atoms with Crippen molar-refractivity contribution in [3.05, 3.63) is 119 Å². The molecule has 6 rings (SSSR count). The predicted octanol–water partition coefficient (Wildman–Crippen LogP) is 9.56. The van der Waals surface area contributed by atoms with E-state index in [0.29, 0.717) is 11.1 Å². The maximum Gasteiger partial charge on any atom is 0.162 e. The minimum atomic E-state index is -1.75. The van der Waals surface area contributed by atoms with Crippen LogP contribution in [0.3, 0.4) is 0 Å². The Morgan fingerprint density at radius 3 is 0.824 bits per heavy atom. The molecule has 4 aromatic carbocycles. The Hall–Kier alpha value is -2.11. The summed E-state index contributed by atoms with van der Waals surface area (Å²) < 4.78 is 0. The molecule has 0 saturated heterocycles. The van der Waals surface area contributed by atoms with Crippen LogP contribution in [-0.2, 0) is 0 Å². The highest BCUT2D eigenvalue weighted by Crippen LogP contribution is 2.50. The fraction of sp³-hybridized carbons (Fsp3) is 0.200. The first-order chi connectivity index (χ1) is 16.2. The molecule has 0 nitrogen and oxygen atoms in total. The van der Waals surface area contributed by atoms with Crippen molar-refractivity contribution in [1.29, 1.82) is 0 Å². The molecule has 0 aromatic heterocycles. The van der Waals surface area contributed by atoms with E-state index in [1.165, 1.54) is 44.5 Å². The van der Waals surface area contributed by atoms with Gasteiger partial charge in [-0.15, -0.1) is 0 Å². The van der Waals surface area contributed by atoms with Gasteiger partial charge in [0.25, 0.3) is 0 Å². The Balaban J connectivity index is 0.000000142. The summed E-state index contributed by atoms with van der Waals surface area (Å²) in [5, 5.41) is 0. The molecule has 172 valence electrons. The Morgan fingerprint density at radius 2 is 0.618 bits per heavy atom. The van der Waals surface area contributed by atoms with E-state index in [1.54, 1.807) is 0 Å². The van der Waals surface area contributed by atoms with Crippen LogP contribution >= 0.6 is 22.2 Å². The number of hydrogen-bond donors (Lipinski definition) is 0. The minimum absolute atomic E-state index is 0.427. The largest absolute Gasteiger partial charge is 0.167 e. The van der Waals surface area contributed by atoms with Gasteiger partial charge in [-0.05, 0) is 44.5 Å². The molecule has 34 heavy (non-hydrogen) atoms. The summed E-state index contributed by atoms with van der Waals surface area (Å²) in [6.45, 7) is 8.94. The van der Waals surface area contributed by atoms with Gasteiger partial charge in [0.05, 0.1) is 0 Å². The van der Waals surface area contributed by atoms with Gasteiger partial charge in [0.1, 0.15) is 0 Å². The number of rotatable bonds is 2. The molecule has 0 atom stereocenters. The molecule has 0 heterocycles. The van der Waals surface area contributed by atoms with Crippen molar-refractivity contribution >= 4 is 36.9 Å². The maximum absolute atomic E-state index is 6.73. The summed E-state index contributed by atoms with van der Waals surface area (Å²) in [5.74, 6) is 0. The molecule has 0 fully saturated rings. The SMILES string of the molecule is C[Si](C)(Cl)C1c2ccccc2-c2ccccc21.C[Si](C)(Cl)C1c2ccccc2-c2ccccc21. The second-order valence-corrected chi connectivity index (χ2v) is 23.6. The third-order valence-corrected chi connectivity index (χ3v) is 12.3. The van der Waals surface area contributed by atoms with Crippen molar-refractivity contribution in [2.24, 2.45) is 0 Å². The van der Waals surface area contributed by atoms with Gasteiger partial charge < -0.3 is 0 Å². The van der Waals surface area contributed by atoms with Crippen LogP contribution in [0.2, 0.25) is 26.2 Å². The summed E-state index contributed by atoms with van der Waals surface area (Å²) in [6.07, 6.45) is 0. The normalized spacial score (nSPS) is 14.5. The van der Waals surface area contributed by atoms with Crippen LogP contribution < -0.4 is 0 Å². The molecular formula is C30H30Cl2Si2. The Labute approximate surface area is 215 Å². The van der Waals surface area contributed by atoms with Crippen LogP contribution in [0.5, 0.6) is 0 Å². The zero-order valence-corrected chi connectivity index (χ0v) is 23.7. The maximum atomic E-state index is 6.73. The predicted molar refractivity (Wildman–Crippen MR) is 154 cm³/mol. The van der Waals surface area contributed by atoms with Gasteiger partial charge in [-0.1, -0.05) is 123 Å². The van der Waals surface area contributed by atoms with Crippen LogP contribution in [-0.4, -0.2) is 14.8 Å². The summed E-state index contributed by atoms with van der Waals surface area (Å²) >= 11 is 13.5. The van der Waals surface area contributed by atoms with E-state index >= 15 is 0 Å². The zero-order chi connectivity index (χ0) is 24.1. The Bertz CT molecular complexity index is 1150. The highest BCUT2D eigenvalue weighted by atomic mass is 35.6. The number of fused-ring (bicyclic) bond motifs is 6. The first kappa shape index (κ1) is 23.6. The van der Waals surface area contributed by atoms with E-state index < -0.39 is 14.8 Å². The summed E-state index contributed by atoms with van der Waals surface area (Å²) in [7, 11) is -3.51. The monoisotopic (exact) mass is 516 g/mol. The van der Waals surface area contributed by atoms with Crippen molar-refractivity contribution in [3.63, 3.8) is 0 Å². The van der Waals surface area contributed by atoms with E-state index in [2.05, 4.69) is 123 Å². The van der Waals surface area contributed by atoms with E-state index in [4.69, 9.17) is 22.2 Å². The van der Waals surface area contributed by atoms with Gasteiger partial charge in [-0.3, -0.25) is 0 Å². The average molecular weight is 518 g/mol. The lowest BCUT2D eigenvalue weighted by atomic mass is 10.1. The van der Waals surface area contributed by atoms with Crippen LogP contribution in [0.4, 0.5) is 0 Å². The molecule has 2 aliphatic carbocycles. The third-order valence-electron chi connectivity index (χ3n) is 7.04. The molecule has 2 aliphatic rings. The van der Waals surface area contributed by atoms with Gasteiger partial charge in [0.15, 0.2) is 14.8 Å². The van der Waals surface area contributed by atoms with Crippen LogP contribution in [0.1, 0.15) is 33.3 Å². The first-order valence-electron chi connectivity index (χ1n) is 11.9. The van der Waals surface area contributed by atoms with Crippen LogP contribution in [0, 0.1) is 0 Å². The summed E-state index contributed by atoms with van der Waals surface area (Å²) in [4.78, 5) is 0. The van der Waals surface area contributed by atoms with Crippen molar-refractivity contribution < 1.29 is 0 Å². The molecule has 4 aromatic rings. The lowest BCUT2D eigenvalue weighted by Gasteiger charge is -2.24. The van der Waals surface area contributed by atoms with Gasteiger partial charge in [0, 0.05) is 11.1 Å². The molecule has 0 amide bonds. The highest BCUT2D eigenvalue weighted by Gasteiger charge is 2.40. The molecule has 0 spiro atoms. The van der Waals surface area contributed by atoms with Crippen molar-refractivity contribution in [1.82, 2.24) is 0 Å². The van der Waals surface area contributed by atoms with Crippen molar-refractivity contribution in [2.45, 2.75) is 37.3 Å². The molecule has 4 heteroatoms. The van der Waals surface area contributed by atoms with Gasteiger partial charge in [-0.25, -0.2) is 0 Å². The molecular weight excluding hydrogens is 487 g/mol. The molecule has 0 radical (unpaired) electrons. The molecule has 0 N–H and O–H groups in total.